The third-order valence-corrected chi connectivity index (χ3v) is 1.73. The predicted octanol–water partition coefficient (Wildman–Crippen LogP) is 3.27. The molecule has 0 heterocycles. The standard InChI is InChI=1S/C10H12F2/c11-10(12)8-4-7-9-5-2-1-3-6-9/h1-3,5-6,10H,4,7-8H2. The highest BCUT2D eigenvalue weighted by molar-refractivity contribution is 5.14. The molecule has 66 valence electrons. The molecule has 0 aliphatic heterocycles. The van der Waals surface area contributed by atoms with E-state index in [0.717, 1.165) is 12.0 Å². The lowest BCUT2D eigenvalue weighted by Gasteiger charge is -1.99. The summed E-state index contributed by atoms with van der Waals surface area (Å²) in [6.07, 6.45) is -0.824. The Bertz CT molecular complexity index is 206. The zero-order valence-corrected chi connectivity index (χ0v) is 6.84. The van der Waals surface area contributed by atoms with Crippen LogP contribution >= 0.6 is 0 Å². The summed E-state index contributed by atoms with van der Waals surface area (Å²) in [5, 5.41) is 0. The predicted molar refractivity (Wildman–Crippen MR) is 45.4 cm³/mol. The third kappa shape index (κ3) is 3.46. The van der Waals surface area contributed by atoms with Gasteiger partial charge in [-0.1, -0.05) is 30.3 Å². The van der Waals surface area contributed by atoms with Gasteiger partial charge in [-0.05, 0) is 18.4 Å². The molecule has 0 N–H and O–H groups in total. The zero-order valence-electron chi connectivity index (χ0n) is 6.84. The maximum absolute atomic E-state index is 11.7. The lowest BCUT2D eigenvalue weighted by Crippen LogP contribution is -1.92. The summed E-state index contributed by atoms with van der Waals surface area (Å²) in [6, 6.07) is 9.71. The van der Waals surface area contributed by atoms with Crippen LogP contribution in [-0.2, 0) is 6.42 Å². The molecule has 1 aromatic rings. The molecule has 0 unspecified atom stereocenters. The van der Waals surface area contributed by atoms with Crippen molar-refractivity contribution in [3.05, 3.63) is 35.9 Å². The van der Waals surface area contributed by atoms with Crippen molar-refractivity contribution in [2.24, 2.45) is 0 Å². The van der Waals surface area contributed by atoms with Gasteiger partial charge in [0.1, 0.15) is 0 Å². The number of aryl methyl sites for hydroxylation is 1. The van der Waals surface area contributed by atoms with Gasteiger partial charge in [0.2, 0.25) is 6.43 Å². The van der Waals surface area contributed by atoms with E-state index in [1.165, 1.54) is 0 Å². The minimum Gasteiger partial charge on any atom is -0.211 e. The van der Waals surface area contributed by atoms with Crippen LogP contribution in [0.4, 0.5) is 8.78 Å². The van der Waals surface area contributed by atoms with Crippen LogP contribution in [0.25, 0.3) is 0 Å². The van der Waals surface area contributed by atoms with Crippen molar-refractivity contribution < 1.29 is 8.78 Å². The fourth-order valence-electron chi connectivity index (χ4n) is 1.11. The minimum absolute atomic E-state index is 0.00882. The van der Waals surface area contributed by atoms with Crippen molar-refractivity contribution in [2.45, 2.75) is 25.7 Å². The van der Waals surface area contributed by atoms with Crippen LogP contribution in [0.3, 0.4) is 0 Å². The minimum atomic E-state index is -2.16. The summed E-state index contributed by atoms with van der Waals surface area (Å²) >= 11 is 0. The first-order chi connectivity index (χ1) is 5.79. The quantitative estimate of drug-likeness (QED) is 0.650. The molecule has 0 aliphatic carbocycles. The first-order valence-electron chi connectivity index (χ1n) is 4.11. The van der Waals surface area contributed by atoms with E-state index in [0.29, 0.717) is 6.42 Å². The molecule has 0 bridgehead atoms. The number of rotatable bonds is 4. The van der Waals surface area contributed by atoms with Crippen molar-refractivity contribution in [1.82, 2.24) is 0 Å². The summed E-state index contributed by atoms with van der Waals surface area (Å²) in [5.74, 6) is 0. The summed E-state index contributed by atoms with van der Waals surface area (Å²) in [5.41, 5.74) is 1.14. The van der Waals surface area contributed by atoms with E-state index in [4.69, 9.17) is 0 Å². The molecule has 0 saturated heterocycles. The van der Waals surface area contributed by atoms with Gasteiger partial charge in [-0.3, -0.25) is 0 Å². The monoisotopic (exact) mass is 170 g/mol. The van der Waals surface area contributed by atoms with Gasteiger partial charge in [0.05, 0.1) is 0 Å². The fraction of sp³-hybridized carbons (Fsp3) is 0.400. The van der Waals surface area contributed by atoms with Crippen molar-refractivity contribution in [2.75, 3.05) is 0 Å². The van der Waals surface area contributed by atoms with Crippen LogP contribution in [0.5, 0.6) is 0 Å². The fourth-order valence-corrected chi connectivity index (χ4v) is 1.11. The first-order valence-corrected chi connectivity index (χ1v) is 4.11. The van der Waals surface area contributed by atoms with Gasteiger partial charge in [-0.25, -0.2) is 8.78 Å². The Morgan fingerprint density at radius 2 is 1.75 bits per heavy atom. The molecule has 0 radical (unpaired) electrons. The summed E-state index contributed by atoms with van der Waals surface area (Å²) in [4.78, 5) is 0. The average Bonchev–Trinajstić information content (AvgIpc) is 2.05. The van der Waals surface area contributed by atoms with E-state index < -0.39 is 6.43 Å². The Balaban J connectivity index is 2.25. The van der Waals surface area contributed by atoms with Crippen LogP contribution in [-0.4, -0.2) is 6.43 Å². The smallest absolute Gasteiger partial charge is 0.211 e. The highest BCUT2D eigenvalue weighted by Gasteiger charge is 2.01. The molecule has 0 saturated carbocycles. The molecule has 0 aliphatic rings. The zero-order chi connectivity index (χ0) is 8.81. The van der Waals surface area contributed by atoms with Crippen LogP contribution in [0.15, 0.2) is 30.3 Å². The highest BCUT2D eigenvalue weighted by atomic mass is 19.3. The number of hydrogen-bond donors (Lipinski definition) is 0. The van der Waals surface area contributed by atoms with E-state index in [1.807, 2.05) is 30.3 Å². The van der Waals surface area contributed by atoms with Crippen molar-refractivity contribution >= 4 is 0 Å². The van der Waals surface area contributed by atoms with Crippen LogP contribution in [0, 0.1) is 0 Å². The third-order valence-electron chi connectivity index (χ3n) is 1.73. The molecule has 1 rings (SSSR count). The van der Waals surface area contributed by atoms with Crippen LogP contribution in [0.2, 0.25) is 0 Å². The number of benzene rings is 1. The highest BCUT2D eigenvalue weighted by Crippen LogP contribution is 2.08. The van der Waals surface area contributed by atoms with Crippen LogP contribution < -0.4 is 0 Å². The molecule has 0 atom stereocenters. The molecule has 0 fully saturated rings. The van der Waals surface area contributed by atoms with E-state index in [1.54, 1.807) is 0 Å². The summed E-state index contributed by atoms with van der Waals surface area (Å²) in [7, 11) is 0. The van der Waals surface area contributed by atoms with Gasteiger partial charge >= 0.3 is 0 Å². The van der Waals surface area contributed by atoms with Gasteiger partial charge in [0, 0.05) is 6.42 Å². The van der Waals surface area contributed by atoms with Gasteiger partial charge < -0.3 is 0 Å². The molecular formula is C10H12F2. The number of halogens is 2. The largest absolute Gasteiger partial charge is 0.238 e. The summed E-state index contributed by atoms with van der Waals surface area (Å²) < 4.78 is 23.5. The van der Waals surface area contributed by atoms with Crippen molar-refractivity contribution in [1.29, 1.82) is 0 Å². The SMILES string of the molecule is FC(F)CCCc1ccccc1. The molecule has 0 spiro atoms. The average molecular weight is 170 g/mol. The maximum atomic E-state index is 11.7. The molecule has 1 aromatic carbocycles. The molecule has 0 amide bonds. The Kier molecular flexibility index (Phi) is 3.71. The summed E-state index contributed by atoms with van der Waals surface area (Å²) in [6.45, 7) is 0. The lowest BCUT2D eigenvalue weighted by atomic mass is 10.1. The van der Waals surface area contributed by atoms with E-state index in [2.05, 4.69) is 0 Å². The number of hydrogen-bond acceptors (Lipinski definition) is 0. The second kappa shape index (κ2) is 4.86. The molecule has 2 heteroatoms. The van der Waals surface area contributed by atoms with E-state index in [-0.39, 0.29) is 6.42 Å². The maximum Gasteiger partial charge on any atom is 0.238 e. The number of alkyl halides is 2. The van der Waals surface area contributed by atoms with E-state index >= 15 is 0 Å². The lowest BCUT2D eigenvalue weighted by molar-refractivity contribution is 0.135. The second-order valence-corrected chi connectivity index (χ2v) is 2.77. The van der Waals surface area contributed by atoms with Gasteiger partial charge in [-0.15, -0.1) is 0 Å². The van der Waals surface area contributed by atoms with Gasteiger partial charge in [-0.2, -0.15) is 0 Å². The topological polar surface area (TPSA) is 0 Å². The first kappa shape index (κ1) is 9.17. The Morgan fingerprint density at radius 1 is 1.08 bits per heavy atom. The molecule has 0 aromatic heterocycles. The Labute approximate surface area is 71.2 Å². The Morgan fingerprint density at radius 3 is 2.33 bits per heavy atom. The Hall–Kier alpha value is -0.920. The van der Waals surface area contributed by atoms with Crippen LogP contribution in [0.1, 0.15) is 18.4 Å². The normalized spacial score (nSPS) is 10.6. The van der Waals surface area contributed by atoms with Crippen molar-refractivity contribution in [3.63, 3.8) is 0 Å². The molecular weight excluding hydrogens is 158 g/mol. The van der Waals surface area contributed by atoms with Crippen molar-refractivity contribution in [3.8, 4) is 0 Å². The molecule has 12 heavy (non-hydrogen) atoms. The second-order valence-electron chi connectivity index (χ2n) is 2.77. The van der Waals surface area contributed by atoms with Gasteiger partial charge in [0.25, 0.3) is 0 Å². The molecule has 0 nitrogen and oxygen atoms in total. The van der Waals surface area contributed by atoms with E-state index in [9.17, 15) is 8.78 Å². The van der Waals surface area contributed by atoms with Gasteiger partial charge in [0.15, 0.2) is 0 Å².